The van der Waals surface area contributed by atoms with E-state index in [0.717, 1.165) is 6.19 Å². The zero-order chi connectivity index (χ0) is 13.1. The number of benzene rings is 1. The van der Waals surface area contributed by atoms with E-state index in [-0.39, 0.29) is 12.1 Å². The number of carbonyl (C=O) groups is 1. The van der Waals surface area contributed by atoms with Gasteiger partial charge in [-0.25, -0.2) is 0 Å². The smallest absolute Gasteiger partial charge is 0.293 e. The monoisotopic (exact) mass is 245 g/mol. The molecule has 1 aromatic rings. The molecule has 0 fully saturated rings. The lowest BCUT2D eigenvalue weighted by molar-refractivity contribution is 0.0647. The number of hydrogen-bond acceptors (Lipinski definition) is 4. The molecule has 0 spiro atoms. The Balaban J connectivity index is 2.25. The maximum absolute atomic E-state index is 10.7. The lowest BCUT2D eigenvalue weighted by Crippen LogP contribution is -2.54. The van der Waals surface area contributed by atoms with Crippen molar-refractivity contribution in [2.75, 3.05) is 0 Å². The minimum absolute atomic E-state index is 0.134. The standard InChI is InChI=1S/C13H18BN2O2/c1-9(15)13(18)12-6-10-4-2-3-5-11(10)7-16(12)14-8-17/h2-5,8-9,12-13,18H,6-7,15H2,1H3/t9?,12-,13-/m0/s1. The van der Waals surface area contributed by atoms with Gasteiger partial charge in [0.15, 0.2) is 0 Å². The Labute approximate surface area is 108 Å². The van der Waals surface area contributed by atoms with E-state index in [9.17, 15) is 9.90 Å². The largest absolute Gasteiger partial charge is 0.390 e. The van der Waals surface area contributed by atoms with Crippen LogP contribution in [-0.4, -0.2) is 41.7 Å². The number of hydrogen-bond donors (Lipinski definition) is 2. The Kier molecular flexibility index (Phi) is 4.17. The molecule has 0 saturated heterocycles. The Morgan fingerprint density at radius 1 is 1.50 bits per heavy atom. The molecule has 1 aromatic carbocycles. The lowest BCUT2D eigenvalue weighted by Gasteiger charge is -2.39. The first-order chi connectivity index (χ1) is 8.63. The van der Waals surface area contributed by atoms with E-state index in [1.54, 1.807) is 6.92 Å². The number of rotatable bonds is 4. The van der Waals surface area contributed by atoms with Crippen molar-refractivity contribution in [3.8, 4) is 0 Å². The summed E-state index contributed by atoms with van der Waals surface area (Å²) < 4.78 is 0. The van der Waals surface area contributed by atoms with Gasteiger partial charge < -0.3 is 20.4 Å². The van der Waals surface area contributed by atoms with Crippen LogP contribution in [0.5, 0.6) is 0 Å². The summed E-state index contributed by atoms with van der Waals surface area (Å²) in [5, 5.41) is 10.2. The van der Waals surface area contributed by atoms with Gasteiger partial charge in [0.1, 0.15) is 0 Å². The zero-order valence-corrected chi connectivity index (χ0v) is 10.5. The van der Waals surface area contributed by atoms with E-state index in [1.807, 2.05) is 16.9 Å². The lowest BCUT2D eigenvalue weighted by atomic mass is 9.81. The predicted octanol–water partition coefficient (Wildman–Crippen LogP) is -0.0692. The molecule has 0 aliphatic carbocycles. The second kappa shape index (κ2) is 5.65. The van der Waals surface area contributed by atoms with E-state index >= 15 is 0 Å². The van der Waals surface area contributed by atoms with Crippen LogP contribution in [0.15, 0.2) is 24.3 Å². The average molecular weight is 245 g/mol. The first-order valence-electron chi connectivity index (χ1n) is 6.18. The minimum atomic E-state index is -0.644. The summed E-state index contributed by atoms with van der Waals surface area (Å²) in [5.74, 6) is 0. The number of aliphatic hydroxyl groups excluding tert-OH is 1. The number of nitrogens with zero attached hydrogens (tertiary/aromatic N) is 1. The molecule has 1 heterocycles. The van der Waals surface area contributed by atoms with Crippen LogP contribution < -0.4 is 5.73 Å². The number of nitrogens with two attached hydrogens (primary N) is 1. The van der Waals surface area contributed by atoms with Gasteiger partial charge in [-0.2, -0.15) is 0 Å². The molecule has 1 radical (unpaired) electrons. The summed E-state index contributed by atoms with van der Waals surface area (Å²) in [6.45, 7) is 2.42. The maximum Gasteiger partial charge on any atom is 0.293 e. The van der Waals surface area contributed by atoms with Gasteiger partial charge in [-0.05, 0) is 24.5 Å². The molecular weight excluding hydrogens is 227 g/mol. The molecule has 1 unspecified atom stereocenters. The third-order valence-electron chi connectivity index (χ3n) is 3.51. The van der Waals surface area contributed by atoms with Crippen LogP contribution in [-0.2, 0) is 17.8 Å². The summed E-state index contributed by atoms with van der Waals surface area (Å²) in [4.78, 5) is 12.6. The highest BCUT2D eigenvalue weighted by Gasteiger charge is 2.32. The maximum atomic E-state index is 10.7. The normalized spacial score (nSPS) is 22.9. The van der Waals surface area contributed by atoms with E-state index in [1.165, 1.54) is 18.5 Å². The topological polar surface area (TPSA) is 66.6 Å². The van der Waals surface area contributed by atoms with Crippen LogP contribution in [0, 0.1) is 0 Å². The van der Waals surface area contributed by atoms with E-state index in [2.05, 4.69) is 12.1 Å². The van der Waals surface area contributed by atoms with Crippen molar-refractivity contribution in [2.24, 2.45) is 5.73 Å². The summed E-state index contributed by atoms with van der Waals surface area (Å²) in [7, 11) is 1.49. The number of carbonyl (C=O) groups excluding carboxylic acids is 1. The van der Waals surface area contributed by atoms with Crippen molar-refractivity contribution in [3.63, 3.8) is 0 Å². The molecule has 1 aliphatic rings. The van der Waals surface area contributed by atoms with Crippen LogP contribution in [0.4, 0.5) is 0 Å². The van der Waals surface area contributed by atoms with Crippen molar-refractivity contribution in [3.05, 3.63) is 35.4 Å². The van der Waals surface area contributed by atoms with Gasteiger partial charge in [-0.15, -0.1) is 0 Å². The molecule has 95 valence electrons. The van der Waals surface area contributed by atoms with Crippen molar-refractivity contribution >= 4 is 13.6 Å². The fraction of sp³-hybridized carbons (Fsp3) is 0.462. The van der Waals surface area contributed by atoms with E-state index in [4.69, 9.17) is 5.73 Å². The fourth-order valence-electron chi connectivity index (χ4n) is 2.48. The summed E-state index contributed by atoms with van der Waals surface area (Å²) in [6.07, 6.45) is 0.826. The number of aliphatic hydroxyl groups is 1. The highest BCUT2D eigenvalue weighted by atomic mass is 16.3. The van der Waals surface area contributed by atoms with Gasteiger partial charge in [0.2, 0.25) is 0 Å². The third-order valence-corrected chi connectivity index (χ3v) is 3.51. The quantitative estimate of drug-likeness (QED) is 0.575. The molecule has 3 atom stereocenters. The van der Waals surface area contributed by atoms with Crippen LogP contribution in [0.1, 0.15) is 18.1 Å². The van der Waals surface area contributed by atoms with Gasteiger partial charge in [-0.3, -0.25) is 0 Å². The second-order valence-electron chi connectivity index (χ2n) is 4.85. The van der Waals surface area contributed by atoms with Crippen LogP contribution in [0.3, 0.4) is 0 Å². The Hall–Kier alpha value is -1.17. The SMILES string of the molecule is CC(N)[C@H](O)[C@@H]1Cc2ccccc2CN1[B]C=O. The molecule has 2 rings (SSSR count). The Morgan fingerprint density at radius 2 is 2.17 bits per heavy atom. The molecule has 0 aromatic heterocycles. The van der Waals surface area contributed by atoms with Gasteiger partial charge in [-0.1, -0.05) is 24.3 Å². The molecule has 0 bridgehead atoms. The van der Waals surface area contributed by atoms with Crippen molar-refractivity contribution in [2.45, 2.75) is 38.1 Å². The van der Waals surface area contributed by atoms with Gasteiger partial charge in [0, 0.05) is 18.6 Å². The fourth-order valence-corrected chi connectivity index (χ4v) is 2.48. The molecule has 18 heavy (non-hydrogen) atoms. The van der Waals surface area contributed by atoms with Gasteiger partial charge in [0.25, 0.3) is 7.41 Å². The highest BCUT2D eigenvalue weighted by molar-refractivity contribution is 6.64. The molecule has 5 heteroatoms. The van der Waals surface area contributed by atoms with Crippen molar-refractivity contribution in [1.29, 1.82) is 0 Å². The number of fused-ring (bicyclic) bond motifs is 1. The van der Waals surface area contributed by atoms with Crippen molar-refractivity contribution in [1.82, 2.24) is 4.81 Å². The van der Waals surface area contributed by atoms with Gasteiger partial charge in [0.05, 0.1) is 12.3 Å². The summed E-state index contributed by atoms with van der Waals surface area (Å²) >= 11 is 0. The second-order valence-corrected chi connectivity index (χ2v) is 4.85. The first-order valence-corrected chi connectivity index (χ1v) is 6.18. The van der Waals surface area contributed by atoms with Crippen molar-refractivity contribution < 1.29 is 9.90 Å². The van der Waals surface area contributed by atoms with Crippen LogP contribution in [0.2, 0.25) is 0 Å². The Morgan fingerprint density at radius 3 is 2.78 bits per heavy atom. The van der Waals surface area contributed by atoms with Gasteiger partial charge >= 0.3 is 0 Å². The first kappa shape index (κ1) is 13.3. The molecular formula is C13H18BN2O2. The molecule has 0 saturated carbocycles. The summed E-state index contributed by atoms with van der Waals surface area (Å²) in [5.41, 5.74) is 8.18. The highest BCUT2D eigenvalue weighted by Crippen LogP contribution is 2.24. The zero-order valence-electron chi connectivity index (χ0n) is 10.5. The summed E-state index contributed by atoms with van der Waals surface area (Å²) in [6, 6.07) is 7.64. The minimum Gasteiger partial charge on any atom is -0.390 e. The molecule has 3 N–H and O–H groups in total. The average Bonchev–Trinajstić information content (AvgIpc) is 2.37. The third kappa shape index (κ3) is 2.63. The van der Waals surface area contributed by atoms with Crippen LogP contribution in [0.25, 0.3) is 0 Å². The molecule has 4 nitrogen and oxygen atoms in total. The van der Waals surface area contributed by atoms with Crippen LogP contribution >= 0.6 is 0 Å². The molecule has 1 aliphatic heterocycles. The molecule has 0 amide bonds. The Bertz CT molecular complexity index is 425. The van der Waals surface area contributed by atoms with E-state index < -0.39 is 6.10 Å². The van der Waals surface area contributed by atoms with E-state index in [0.29, 0.717) is 13.0 Å². The predicted molar refractivity (Wildman–Crippen MR) is 71.6 cm³/mol.